The fourth-order valence-corrected chi connectivity index (χ4v) is 7.28. The minimum atomic E-state index is -0.517. The summed E-state index contributed by atoms with van der Waals surface area (Å²) >= 11 is 0. The van der Waals surface area contributed by atoms with Crippen molar-refractivity contribution in [3.63, 3.8) is 0 Å². The second-order valence-corrected chi connectivity index (χ2v) is 11.0. The largest absolute Gasteiger partial charge is 0.459 e. The molecule has 2 bridgehead atoms. The lowest BCUT2D eigenvalue weighted by Crippen LogP contribution is -2.43. The van der Waals surface area contributed by atoms with Crippen molar-refractivity contribution in [1.29, 1.82) is 0 Å². The van der Waals surface area contributed by atoms with Gasteiger partial charge in [0.05, 0.1) is 0 Å². The zero-order chi connectivity index (χ0) is 24.6. The van der Waals surface area contributed by atoms with Gasteiger partial charge in [-0.3, -0.25) is 4.79 Å². The molecule has 6 atom stereocenters. The molecule has 190 valence electrons. The van der Waals surface area contributed by atoms with Gasteiger partial charge in [-0.2, -0.15) is 0 Å². The molecule has 6 rings (SSSR count). The molecule has 2 fully saturated rings. The minimum absolute atomic E-state index is 0.0198. The van der Waals surface area contributed by atoms with Gasteiger partial charge in [0, 0.05) is 31.1 Å². The number of nitrogens with one attached hydrogen (secondary N) is 1. The summed E-state index contributed by atoms with van der Waals surface area (Å²) in [6, 6.07) is 15.4. The Labute approximate surface area is 213 Å². The Morgan fingerprint density at radius 1 is 1.11 bits per heavy atom. The van der Waals surface area contributed by atoms with E-state index in [1.165, 1.54) is 47.1 Å². The molecule has 2 N–H and O–H groups in total. The van der Waals surface area contributed by atoms with Crippen LogP contribution in [0.5, 0.6) is 0 Å². The summed E-state index contributed by atoms with van der Waals surface area (Å²) in [6.07, 6.45) is 8.71. The fraction of sp³-hybridized carbons (Fsp3) is 0.516. The van der Waals surface area contributed by atoms with Crippen molar-refractivity contribution in [3.05, 3.63) is 71.0 Å². The maximum Gasteiger partial charge on any atom is 0.286 e. The number of aliphatic hydroxyl groups is 1. The van der Waals surface area contributed by atoms with Gasteiger partial charge in [0.1, 0.15) is 0 Å². The van der Waals surface area contributed by atoms with Crippen LogP contribution in [0.1, 0.15) is 68.1 Å². The van der Waals surface area contributed by atoms with E-state index in [2.05, 4.69) is 47.8 Å². The number of ether oxygens (including phenoxy) is 2. The normalized spacial score (nSPS) is 29.9. The number of benzene rings is 2. The van der Waals surface area contributed by atoms with E-state index in [4.69, 9.17) is 9.47 Å². The number of carbonyl (C=O) groups excluding carboxylic acids is 1. The molecule has 5 heteroatoms. The molecule has 5 nitrogen and oxygen atoms in total. The van der Waals surface area contributed by atoms with Crippen molar-refractivity contribution in [2.24, 2.45) is 17.8 Å². The van der Waals surface area contributed by atoms with Crippen molar-refractivity contribution in [3.8, 4) is 11.1 Å². The molecular formula is C31H37NO4. The third-order valence-corrected chi connectivity index (χ3v) is 8.94. The van der Waals surface area contributed by atoms with Crippen LogP contribution in [0.15, 0.2) is 54.3 Å². The van der Waals surface area contributed by atoms with Crippen LogP contribution >= 0.6 is 0 Å². The second-order valence-electron chi connectivity index (χ2n) is 11.0. The van der Waals surface area contributed by atoms with E-state index in [9.17, 15) is 9.90 Å². The van der Waals surface area contributed by atoms with Crippen LogP contribution in [0.4, 0.5) is 0 Å². The first kappa shape index (κ1) is 23.7. The van der Waals surface area contributed by atoms with Gasteiger partial charge in [-0.05, 0) is 91.2 Å². The van der Waals surface area contributed by atoms with Gasteiger partial charge in [-0.15, -0.1) is 0 Å². The maximum absolute atomic E-state index is 13.5. The molecule has 2 aromatic rings. The van der Waals surface area contributed by atoms with Crippen LogP contribution in [0.25, 0.3) is 11.1 Å². The number of hydrogen-bond donors (Lipinski definition) is 2. The molecular weight excluding hydrogens is 450 g/mol. The summed E-state index contributed by atoms with van der Waals surface area (Å²) in [5.74, 6) is 1.64. The summed E-state index contributed by atoms with van der Waals surface area (Å²) in [5, 5.41) is 12.9. The standard InChI is InChI=1S/C31H37NO4/c1-2-35-31-25(11-6-14-33)27(18-29(36-31)30(34)32-28-16-19-12-13-21(28)15-19)24-10-5-9-23-22-8-4-3-7-20(22)17-26(23)24/h3-5,7-10,18-19,21,25,27-28,31,33H,2,6,11-17H2,1H3,(H,32,34)/t19?,21?,25-,27-,28?,31-/m1/s1. The quantitative estimate of drug-likeness (QED) is 0.452. The smallest absolute Gasteiger partial charge is 0.286 e. The molecule has 0 saturated heterocycles. The van der Waals surface area contributed by atoms with E-state index in [1.54, 1.807) is 0 Å². The number of rotatable bonds is 8. The average molecular weight is 488 g/mol. The van der Waals surface area contributed by atoms with Crippen LogP contribution < -0.4 is 5.32 Å². The topological polar surface area (TPSA) is 67.8 Å². The highest BCUT2D eigenvalue weighted by Crippen LogP contribution is 2.47. The molecule has 0 spiro atoms. The van der Waals surface area contributed by atoms with Gasteiger partial charge in [-0.25, -0.2) is 0 Å². The number of aliphatic hydroxyl groups excluding tert-OH is 1. The molecule has 3 unspecified atom stereocenters. The summed E-state index contributed by atoms with van der Waals surface area (Å²) in [6.45, 7) is 2.60. The number of fused-ring (bicyclic) bond motifs is 5. The van der Waals surface area contributed by atoms with Crippen molar-refractivity contribution >= 4 is 5.91 Å². The summed E-state index contributed by atoms with van der Waals surface area (Å²) in [7, 11) is 0. The zero-order valence-electron chi connectivity index (χ0n) is 21.1. The monoisotopic (exact) mass is 487 g/mol. The predicted molar refractivity (Wildman–Crippen MR) is 139 cm³/mol. The highest BCUT2D eigenvalue weighted by atomic mass is 16.7. The van der Waals surface area contributed by atoms with Crippen LogP contribution in [0.2, 0.25) is 0 Å². The minimum Gasteiger partial charge on any atom is -0.459 e. The van der Waals surface area contributed by atoms with Gasteiger partial charge in [0.2, 0.25) is 6.29 Å². The van der Waals surface area contributed by atoms with Gasteiger partial charge < -0.3 is 19.9 Å². The highest BCUT2D eigenvalue weighted by Gasteiger charge is 2.43. The maximum atomic E-state index is 13.5. The molecule has 2 aromatic carbocycles. The van der Waals surface area contributed by atoms with Crippen LogP contribution in [0, 0.1) is 17.8 Å². The number of hydrogen-bond acceptors (Lipinski definition) is 4. The van der Waals surface area contributed by atoms with Gasteiger partial charge >= 0.3 is 0 Å². The van der Waals surface area contributed by atoms with E-state index in [0.29, 0.717) is 24.7 Å². The summed E-state index contributed by atoms with van der Waals surface area (Å²) in [4.78, 5) is 13.5. The van der Waals surface area contributed by atoms with Crippen molar-refractivity contribution in [2.75, 3.05) is 13.2 Å². The highest BCUT2D eigenvalue weighted by molar-refractivity contribution is 5.92. The van der Waals surface area contributed by atoms with E-state index in [1.807, 2.05) is 13.0 Å². The van der Waals surface area contributed by atoms with Crippen molar-refractivity contribution in [2.45, 2.75) is 70.1 Å². The number of allylic oxidation sites excluding steroid dienone is 1. The Bertz CT molecular complexity index is 1160. The third kappa shape index (κ3) is 4.26. The molecule has 0 aromatic heterocycles. The van der Waals surface area contributed by atoms with E-state index < -0.39 is 6.29 Å². The lowest BCUT2D eigenvalue weighted by molar-refractivity contribution is -0.167. The number of carbonyl (C=O) groups is 1. The molecule has 36 heavy (non-hydrogen) atoms. The SMILES string of the molecule is CCO[C@@H]1OC(C(=O)NC2CC3CCC2C3)=C[C@H](c2cccc3c2Cc2ccccc2-3)[C@H]1CCCO. The Morgan fingerprint density at radius 3 is 2.75 bits per heavy atom. The van der Waals surface area contributed by atoms with Crippen LogP contribution in [-0.4, -0.2) is 36.6 Å². The molecule has 1 aliphatic heterocycles. The van der Waals surface area contributed by atoms with E-state index in [-0.39, 0.29) is 30.4 Å². The molecule has 3 aliphatic carbocycles. The Balaban J connectivity index is 1.35. The first-order chi connectivity index (χ1) is 17.7. The molecule has 0 radical (unpaired) electrons. The van der Waals surface area contributed by atoms with Crippen molar-refractivity contribution < 1.29 is 19.4 Å². The Morgan fingerprint density at radius 2 is 1.97 bits per heavy atom. The average Bonchev–Trinajstić information content (AvgIpc) is 3.62. The first-order valence-electron chi connectivity index (χ1n) is 13.8. The summed E-state index contributed by atoms with van der Waals surface area (Å²) in [5.41, 5.74) is 6.50. The lowest BCUT2D eigenvalue weighted by Gasteiger charge is -2.38. The summed E-state index contributed by atoms with van der Waals surface area (Å²) < 4.78 is 12.4. The van der Waals surface area contributed by atoms with Gasteiger partial charge in [-0.1, -0.05) is 48.9 Å². The lowest BCUT2D eigenvalue weighted by atomic mass is 9.78. The molecule has 1 amide bonds. The Kier molecular flexibility index (Phi) is 6.61. The van der Waals surface area contributed by atoms with E-state index >= 15 is 0 Å². The van der Waals surface area contributed by atoms with Crippen LogP contribution in [-0.2, 0) is 20.7 Å². The fourth-order valence-electron chi connectivity index (χ4n) is 7.28. The van der Waals surface area contributed by atoms with Crippen molar-refractivity contribution in [1.82, 2.24) is 5.32 Å². The molecule has 1 heterocycles. The zero-order valence-corrected chi connectivity index (χ0v) is 21.1. The number of amides is 1. The predicted octanol–water partition coefficient (Wildman–Crippen LogP) is 5.31. The van der Waals surface area contributed by atoms with Crippen LogP contribution in [0.3, 0.4) is 0 Å². The Hall–Kier alpha value is -2.63. The van der Waals surface area contributed by atoms with Gasteiger partial charge in [0.25, 0.3) is 5.91 Å². The first-order valence-corrected chi connectivity index (χ1v) is 13.8. The third-order valence-electron chi connectivity index (χ3n) is 8.94. The van der Waals surface area contributed by atoms with Gasteiger partial charge in [0.15, 0.2) is 5.76 Å². The second kappa shape index (κ2) is 10.0. The van der Waals surface area contributed by atoms with E-state index in [0.717, 1.165) is 25.2 Å². The molecule has 2 saturated carbocycles. The molecule has 4 aliphatic rings.